The summed E-state index contributed by atoms with van der Waals surface area (Å²) in [5, 5.41) is 6.22. The Labute approximate surface area is 162 Å². The fourth-order valence-electron chi connectivity index (χ4n) is 2.93. The minimum absolute atomic E-state index is 0.680. The van der Waals surface area contributed by atoms with Gasteiger partial charge in [0.15, 0.2) is 5.58 Å². The molecule has 0 bridgehead atoms. The summed E-state index contributed by atoms with van der Waals surface area (Å²) in [5.41, 5.74) is 2.90. The van der Waals surface area contributed by atoms with E-state index in [1.807, 2.05) is 36.4 Å². The van der Waals surface area contributed by atoms with Gasteiger partial charge in [-0.2, -0.15) is 0 Å². The van der Waals surface area contributed by atoms with Gasteiger partial charge in [-0.15, -0.1) is 0 Å². The lowest BCUT2D eigenvalue weighted by molar-refractivity contribution is 0.317. The number of benzene rings is 2. The number of aryl methyl sites for hydroxylation is 2. The van der Waals surface area contributed by atoms with Crippen LogP contribution in [0.1, 0.15) is 37.9 Å². The van der Waals surface area contributed by atoms with Gasteiger partial charge in [0.1, 0.15) is 17.2 Å². The van der Waals surface area contributed by atoms with Gasteiger partial charge in [0.2, 0.25) is 0 Å². The van der Waals surface area contributed by atoms with Gasteiger partial charge in [-0.25, -0.2) is 0 Å². The van der Waals surface area contributed by atoms with Crippen molar-refractivity contribution in [2.45, 2.75) is 39.5 Å². The van der Waals surface area contributed by atoms with Crippen molar-refractivity contribution in [3.05, 3.63) is 47.7 Å². The van der Waals surface area contributed by atoms with E-state index in [0.29, 0.717) is 6.61 Å². The van der Waals surface area contributed by atoms with Crippen LogP contribution in [-0.4, -0.2) is 17.1 Å². The fraction of sp³-hybridized carbons (Fsp3) is 0.381. The molecule has 4 nitrogen and oxygen atoms in total. The van der Waals surface area contributed by atoms with Crippen LogP contribution >= 0.6 is 15.9 Å². The molecule has 0 aliphatic carbocycles. The second-order valence-corrected chi connectivity index (χ2v) is 6.91. The predicted molar refractivity (Wildman–Crippen MR) is 108 cm³/mol. The number of hydrogen-bond donors (Lipinski definition) is 0. The highest BCUT2D eigenvalue weighted by molar-refractivity contribution is 9.09. The van der Waals surface area contributed by atoms with Crippen LogP contribution in [0, 0.1) is 0 Å². The molecule has 138 valence electrons. The van der Waals surface area contributed by atoms with E-state index in [4.69, 9.17) is 14.0 Å². The van der Waals surface area contributed by atoms with E-state index in [1.54, 1.807) is 0 Å². The third-order valence-electron chi connectivity index (χ3n) is 4.19. The maximum absolute atomic E-state index is 6.18. The van der Waals surface area contributed by atoms with Crippen molar-refractivity contribution < 1.29 is 14.0 Å². The molecule has 0 unspecified atom stereocenters. The molecule has 0 radical (unpaired) electrons. The summed E-state index contributed by atoms with van der Waals surface area (Å²) >= 11 is 3.41. The van der Waals surface area contributed by atoms with Gasteiger partial charge in [-0.3, -0.25) is 0 Å². The Bertz CT molecular complexity index is 860. The minimum atomic E-state index is 0.680. The molecule has 0 aliphatic rings. The minimum Gasteiger partial charge on any atom is -0.493 e. The first kappa shape index (κ1) is 18.8. The Kier molecular flexibility index (Phi) is 6.56. The maximum Gasteiger partial charge on any atom is 0.174 e. The number of alkyl halides is 1. The molecule has 0 amide bonds. The van der Waals surface area contributed by atoms with Gasteiger partial charge in [0, 0.05) is 22.3 Å². The van der Waals surface area contributed by atoms with E-state index < -0.39 is 0 Å². The zero-order valence-corrected chi connectivity index (χ0v) is 16.8. The van der Waals surface area contributed by atoms with Crippen molar-refractivity contribution in [2.24, 2.45) is 0 Å². The maximum atomic E-state index is 6.18. The Balaban J connectivity index is 1.88. The molecule has 0 N–H and O–H groups in total. The molecule has 26 heavy (non-hydrogen) atoms. The molecule has 0 saturated carbocycles. The highest BCUT2D eigenvalue weighted by atomic mass is 79.9. The van der Waals surface area contributed by atoms with E-state index in [1.165, 1.54) is 0 Å². The van der Waals surface area contributed by atoms with Crippen LogP contribution < -0.4 is 9.47 Å². The molecule has 3 rings (SSSR count). The lowest BCUT2D eigenvalue weighted by Gasteiger charge is -2.12. The smallest absolute Gasteiger partial charge is 0.174 e. The van der Waals surface area contributed by atoms with Crippen molar-refractivity contribution in [1.29, 1.82) is 0 Å². The molecule has 5 heteroatoms. The number of fused-ring (bicyclic) bond motifs is 1. The van der Waals surface area contributed by atoms with Crippen LogP contribution in [0.5, 0.6) is 17.2 Å². The van der Waals surface area contributed by atoms with E-state index in [-0.39, 0.29) is 0 Å². The molecule has 1 aromatic heterocycles. The molecule has 3 aromatic rings. The Morgan fingerprint density at radius 2 is 1.96 bits per heavy atom. The van der Waals surface area contributed by atoms with Crippen LogP contribution in [-0.2, 0) is 12.8 Å². The number of hydrogen-bond acceptors (Lipinski definition) is 4. The summed E-state index contributed by atoms with van der Waals surface area (Å²) in [6, 6.07) is 11.8. The van der Waals surface area contributed by atoms with Crippen molar-refractivity contribution in [3.8, 4) is 17.2 Å². The summed E-state index contributed by atoms with van der Waals surface area (Å²) in [5.74, 6) is 2.39. The first-order valence-corrected chi connectivity index (χ1v) is 10.3. The monoisotopic (exact) mass is 417 g/mol. The van der Waals surface area contributed by atoms with Crippen molar-refractivity contribution >= 4 is 26.9 Å². The normalized spacial score (nSPS) is 11.0. The highest BCUT2D eigenvalue weighted by Crippen LogP contribution is 2.35. The molecular formula is C21H24BrNO3. The van der Waals surface area contributed by atoms with Crippen molar-refractivity contribution in [1.82, 2.24) is 5.16 Å². The van der Waals surface area contributed by atoms with Gasteiger partial charge in [-0.05, 0) is 43.5 Å². The van der Waals surface area contributed by atoms with Gasteiger partial charge < -0.3 is 14.0 Å². The summed E-state index contributed by atoms with van der Waals surface area (Å²) < 4.78 is 17.6. The Morgan fingerprint density at radius 3 is 2.73 bits per heavy atom. The molecule has 2 aromatic carbocycles. The molecule has 0 saturated heterocycles. The lowest BCUT2D eigenvalue weighted by Crippen LogP contribution is -1.98. The highest BCUT2D eigenvalue weighted by Gasteiger charge is 2.16. The summed E-state index contributed by atoms with van der Waals surface area (Å²) in [4.78, 5) is 0. The molecular weight excluding hydrogens is 394 g/mol. The van der Waals surface area contributed by atoms with Crippen LogP contribution in [0.2, 0.25) is 0 Å². The quantitative estimate of drug-likeness (QED) is 0.302. The average Bonchev–Trinajstić information content (AvgIpc) is 3.08. The molecule has 0 spiro atoms. The van der Waals surface area contributed by atoms with Crippen molar-refractivity contribution in [2.75, 3.05) is 11.9 Å². The lowest BCUT2D eigenvalue weighted by atomic mass is 10.0. The first-order chi connectivity index (χ1) is 12.8. The van der Waals surface area contributed by atoms with Crippen LogP contribution in [0.4, 0.5) is 0 Å². The Morgan fingerprint density at radius 1 is 1.12 bits per heavy atom. The molecule has 1 heterocycles. The largest absolute Gasteiger partial charge is 0.493 e. The first-order valence-electron chi connectivity index (χ1n) is 9.13. The van der Waals surface area contributed by atoms with Gasteiger partial charge >= 0.3 is 0 Å². The van der Waals surface area contributed by atoms with Gasteiger partial charge in [0.25, 0.3) is 0 Å². The second-order valence-electron chi connectivity index (χ2n) is 6.12. The standard InChI is InChI=1S/C21H24BrNO3/c1-3-7-18-20(11-10-17-19(4-2)23-26-21(17)18)25-16-9-5-8-15(14-16)24-13-6-12-22/h5,8-11,14H,3-4,6-7,12-13H2,1-2H3. The van der Waals surface area contributed by atoms with E-state index >= 15 is 0 Å². The Hall–Kier alpha value is -2.01. The third-order valence-corrected chi connectivity index (χ3v) is 4.75. The number of ether oxygens (including phenoxy) is 2. The number of halogens is 1. The van der Waals surface area contributed by atoms with Crippen molar-refractivity contribution in [3.63, 3.8) is 0 Å². The number of aromatic nitrogens is 1. The van der Waals surface area contributed by atoms with Crippen LogP contribution in [0.25, 0.3) is 11.0 Å². The zero-order chi connectivity index (χ0) is 18.4. The topological polar surface area (TPSA) is 44.5 Å². The van der Waals surface area contributed by atoms with E-state index in [2.05, 4.69) is 34.9 Å². The SMILES string of the molecule is CCCc1c(Oc2cccc(OCCCBr)c2)ccc2c(CC)noc12. The van der Waals surface area contributed by atoms with Crippen LogP contribution in [0.15, 0.2) is 40.9 Å². The average molecular weight is 418 g/mol. The molecule has 0 atom stereocenters. The van der Waals surface area contributed by atoms with E-state index in [9.17, 15) is 0 Å². The zero-order valence-electron chi connectivity index (χ0n) is 15.3. The second kappa shape index (κ2) is 9.08. The van der Waals surface area contributed by atoms with Gasteiger partial charge in [0.05, 0.1) is 12.3 Å². The third kappa shape index (κ3) is 4.21. The predicted octanol–water partition coefficient (Wildman–Crippen LogP) is 6.30. The summed E-state index contributed by atoms with van der Waals surface area (Å²) in [6.07, 6.45) is 3.71. The molecule has 0 aliphatic heterocycles. The summed E-state index contributed by atoms with van der Waals surface area (Å²) in [6.45, 7) is 4.92. The number of nitrogens with zero attached hydrogens (tertiary/aromatic N) is 1. The number of rotatable bonds is 9. The fourth-order valence-corrected chi connectivity index (χ4v) is 3.16. The molecule has 0 fully saturated rings. The summed E-state index contributed by atoms with van der Waals surface area (Å²) in [7, 11) is 0. The van der Waals surface area contributed by atoms with Gasteiger partial charge in [-0.1, -0.05) is 47.4 Å². The van der Waals surface area contributed by atoms with E-state index in [0.717, 1.165) is 70.5 Å². The van der Waals surface area contributed by atoms with Crippen LogP contribution in [0.3, 0.4) is 0 Å².